The number of nitrogens with zero attached hydrogens (tertiary/aromatic N) is 1. The number of hydrogen-bond donors (Lipinski definition) is 1. The lowest BCUT2D eigenvalue weighted by Crippen LogP contribution is -2.57. The number of piperidine rings is 1. The van der Waals surface area contributed by atoms with Crippen molar-refractivity contribution in [3.63, 3.8) is 0 Å². The fourth-order valence-corrected chi connectivity index (χ4v) is 4.14. The van der Waals surface area contributed by atoms with Crippen molar-refractivity contribution in [1.82, 2.24) is 4.90 Å². The van der Waals surface area contributed by atoms with Crippen LogP contribution in [0.5, 0.6) is 5.75 Å². The summed E-state index contributed by atoms with van der Waals surface area (Å²) in [6.07, 6.45) is 0.522. The molecule has 0 radical (unpaired) electrons. The molecule has 3 aromatic rings. The molecule has 0 aliphatic carbocycles. The predicted octanol–water partition coefficient (Wildman–Crippen LogP) is 4.37. The molecule has 1 saturated heterocycles. The lowest BCUT2D eigenvalue weighted by Gasteiger charge is -2.45. The first-order valence-electron chi connectivity index (χ1n) is 10.8. The van der Waals surface area contributed by atoms with Crippen molar-refractivity contribution in [2.24, 2.45) is 5.41 Å². The zero-order valence-electron chi connectivity index (χ0n) is 18.3. The first-order chi connectivity index (χ1) is 15.3. The highest BCUT2D eigenvalue weighted by Crippen LogP contribution is 2.40. The minimum atomic E-state index is -1.32. The fraction of sp³-hybridized carbons (Fsp3) is 0.308. The van der Waals surface area contributed by atoms with Gasteiger partial charge in [-0.25, -0.2) is 9.68 Å². The molecule has 3 aromatic carbocycles. The number of carbonyl (C=O) groups is 2. The topological polar surface area (TPSA) is 76.1 Å². The number of para-hydroxylation sites is 1. The van der Waals surface area contributed by atoms with E-state index in [0.29, 0.717) is 24.4 Å². The molecule has 6 heteroatoms. The molecule has 166 valence electrons. The molecule has 4 rings (SSSR count). The van der Waals surface area contributed by atoms with E-state index in [1.54, 1.807) is 43.0 Å². The average molecular weight is 434 g/mol. The second kappa shape index (κ2) is 8.63. The minimum absolute atomic E-state index is 0.0726. The molecule has 0 spiro atoms. The van der Waals surface area contributed by atoms with E-state index in [-0.39, 0.29) is 18.7 Å². The molecule has 0 bridgehead atoms. The van der Waals surface area contributed by atoms with E-state index >= 15 is 0 Å². The molecule has 32 heavy (non-hydrogen) atoms. The van der Waals surface area contributed by atoms with Gasteiger partial charge in [0, 0.05) is 18.7 Å². The van der Waals surface area contributed by atoms with Gasteiger partial charge in [-0.1, -0.05) is 54.6 Å². The molecule has 1 aliphatic rings. The highest BCUT2D eigenvalue weighted by atomic mass is 17.2. The Hall–Kier alpha value is -3.38. The Morgan fingerprint density at radius 2 is 1.53 bits per heavy atom. The minimum Gasteiger partial charge on any atom is -0.389 e. The number of likely N-dealkylation sites (tertiary alicyclic amines) is 1. The van der Waals surface area contributed by atoms with Crippen LogP contribution < -0.4 is 4.89 Å². The Morgan fingerprint density at radius 1 is 0.906 bits per heavy atom. The van der Waals surface area contributed by atoms with E-state index in [9.17, 15) is 14.7 Å². The largest absolute Gasteiger partial charge is 0.389 e. The maximum Gasteiger partial charge on any atom is 0.363 e. The molecule has 1 heterocycles. The van der Waals surface area contributed by atoms with E-state index < -0.39 is 17.0 Å². The Kier molecular flexibility index (Phi) is 5.89. The van der Waals surface area contributed by atoms with Crippen LogP contribution in [-0.4, -0.2) is 40.6 Å². The summed E-state index contributed by atoms with van der Waals surface area (Å²) in [5.41, 5.74) is -1.89. The van der Waals surface area contributed by atoms with Crippen molar-refractivity contribution < 1.29 is 24.5 Å². The van der Waals surface area contributed by atoms with Crippen LogP contribution in [0.1, 0.15) is 37.0 Å². The number of aliphatic hydroxyl groups is 1. The third-order valence-electron chi connectivity index (χ3n) is 6.53. The highest BCUT2D eigenvalue weighted by Gasteiger charge is 2.52. The molecule has 1 fully saturated rings. The standard InChI is InChI=1S/C26H27NO5/c1-25(2,24(29)32-31-20-11-4-3-5-12-20)26(30)15-17-27(18-16-26)23(28)22-14-8-10-19-9-6-7-13-21(19)22/h3-14,30H,15-18H2,1-2H3. The SMILES string of the molecule is CC(C)(C(=O)OOc1ccccc1)C1(O)CCN(C(=O)c2cccc3ccccc23)CC1. The quantitative estimate of drug-likeness (QED) is 0.478. The van der Waals surface area contributed by atoms with Gasteiger partial charge >= 0.3 is 5.97 Å². The molecular weight excluding hydrogens is 406 g/mol. The number of rotatable bonds is 5. The summed E-state index contributed by atoms with van der Waals surface area (Å²) in [5, 5.41) is 13.2. The van der Waals surface area contributed by atoms with Crippen LogP contribution in [0.15, 0.2) is 72.8 Å². The first kappa shape index (κ1) is 21.8. The summed E-state index contributed by atoms with van der Waals surface area (Å²) < 4.78 is 0. The number of carbonyl (C=O) groups excluding carboxylic acids is 2. The van der Waals surface area contributed by atoms with Gasteiger partial charge in [0.15, 0.2) is 5.75 Å². The van der Waals surface area contributed by atoms with Crippen LogP contribution in [0.4, 0.5) is 0 Å². The lowest BCUT2D eigenvalue weighted by molar-refractivity contribution is -0.238. The fourth-order valence-electron chi connectivity index (χ4n) is 4.14. The summed E-state index contributed by atoms with van der Waals surface area (Å²) in [6, 6.07) is 22.2. The molecule has 0 unspecified atom stereocenters. The second-order valence-electron chi connectivity index (χ2n) is 8.74. The van der Waals surface area contributed by atoms with Gasteiger partial charge in [-0.15, -0.1) is 0 Å². The third-order valence-corrected chi connectivity index (χ3v) is 6.53. The Labute approximate surface area is 187 Å². The predicted molar refractivity (Wildman–Crippen MR) is 121 cm³/mol. The number of benzene rings is 3. The van der Waals surface area contributed by atoms with Gasteiger partial charge in [-0.05, 0) is 55.7 Å². The molecule has 1 aliphatic heterocycles. The first-order valence-corrected chi connectivity index (χ1v) is 10.8. The van der Waals surface area contributed by atoms with Gasteiger partial charge in [0.05, 0.1) is 11.0 Å². The molecule has 6 nitrogen and oxygen atoms in total. The average Bonchev–Trinajstić information content (AvgIpc) is 2.82. The molecule has 0 atom stereocenters. The van der Waals surface area contributed by atoms with Crippen LogP contribution >= 0.6 is 0 Å². The van der Waals surface area contributed by atoms with Crippen molar-refractivity contribution in [3.05, 3.63) is 78.4 Å². The summed E-state index contributed by atoms with van der Waals surface area (Å²) in [6.45, 7) is 3.97. The monoisotopic (exact) mass is 433 g/mol. The zero-order valence-corrected chi connectivity index (χ0v) is 18.3. The Balaban J connectivity index is 1.43. The van der Waals surface area contributed by atoms with Gasteiger partial charge < -0.3 is 10.0 Å². The van der Waals surface area contributed by atoms with Crippen LogP contribution in [0.3, 0.4) is 0 Å². The smallest absolute Gasteiger partial charge is 0.363 e. The molecule has 1 N–H and O–H groups in total. The maximum atomic E-state index is 13.2. The van der Waals surface area contributed by atoms with Gasteiger partial charge in [0.1, 0.15) is 0 Å². The van der Waals surface area contributed by atoms with E-state index in [4.69, 9.17) is 9.78 Å². The maximum absolute atomic E-state index is 13.2. The normalized spacial score (nSPS) is 15.9. The summed E-state index contributed by atoms with van der Waals surface area (Å²) >= 11 is 0. The number of hydrogen-bond acceptors (Lipinski definition) is 5. The zero-order chi connectivity index (χ0) is 22.8. The van der Waals surface area contributed by atoms with Crippen molar-refractivity contribution >= 4 is 22.6 Å². The summed E-state index contributed by atoms with van der Waals surface area (Å²) in [5.74, 6) is -0.325. The number of fused-ring (bicyclic) bond motifs is 1. The molecular formula is C26H27NO5. The Morgan fingerprint density at radius 3 is 2.25 bits per heavy atom. The van der Waals surface area contributed by atoms with Crippen molar-refractivity contribution in [1.29, 1.82) is 0 Å². The Bertz CT molecular complexity index is 1110. The van der Waals surface area contributed by atoms with Gasteiger partial charge in [-0.3, -0.25) is 9.68 Å². The van der Waals surface area contributed by atoms with Crippen molar-refractivity contribution in [2.75, 3.05) is 13.1 Å². The third kappa shape index (κ3) is 4.06. The van der Waals surface area contributed by atoms with Crippen LogP contribution in [-0.2, 0) is 9.68 Å². The van der Waals surface area contributed by atoms with Gasteiger partial charge in [0.2, 0.25) is 0 Å². The second-order valence-corrected chi connectivity index (χ2v) is 8.74. The summed E-state index contributed by atoms with van der Waals surface area (Å²) in [4.78, 5) is 37.8. The number of amides is 1. The van der Waals surface area contributed by atoms with Crippen LogP contribution in [0, 0.1) is 5.41 Å². The van der Waals surface area contributed by atoms with Crippen molar-refractivity contribution in [2.45, 2.75) is 32.3 Å². The van der Waals surface area contributed by atoms with E-state index in [1.165, 1.54) is 0 Å². The summed E-state index contributed by atoms with van der Waals surface area (Å²) in [7, 11) is 0. The van der Waals surface area contributed by atoms with Gasteiger partial charge in [-0.2, -0.15) is 0 Å². The molecule has 0 aromatic heterocycles. The van der Waals surface area contributed by atoms with Crippen LogP contribution in [0.2, 0.25) is 0 Å². The van der Waals surface area contributed by atoms with Crippen LogP contribution in [0.25, 0.3) is 10.8 Å². The van der Waals surface area contributed by atoms with Gasteiger partial charge in [0.25, 0.3) is 5.91 Å². The highest BCUT2D eigenvalue weighted by molar-refractivity contribution is 6.07. The van der Waals surface area contributed by atoms with E-state index in [0.717, 1.165) is 10.8 Å². The van der Waals surface area contributed by atoms with E-state index in [1.807, 2.05) is 48.5 Å². The molecule has 1 amide bonds. The molecule has 0 saturated carbocycles. The lowest BCUT2D eigenvalue weighted by atomic mass is 9.69. The van der Waals surface area contributed by atoms with Crippen molar-refractivity contribution in [3.8, 4) is 5.75 Å². The van der Waals surface area contributed by atoms with E-state index in [2.05, 4.69) is 0 Å².